The number of hydrogen-bond donors (Lipinski definition) is 3. The molecule has 3 N–H and O–H groups in total. The van der Waals surface area contributed by atoms with Crippen molar-refractivity contribution in [2.45, 2.75) is 354 Å². The molecular formula is C62H119NO5. The van der Waals surface area contributed by atoms with Crippen molar-refractivity contribution in [2.75, 3.05) is 6.61 Å². The summed E-state index contributed by atoms with van der Waals surface area (Å²) in [6.45, 7) is 6.51. The van der Waals surface area contributed by atoms with E-state index in [1.165, 1.54) is 225 Å². The molecule has 0 bridgehead atoms. The van der Waals surface area contributed by atoms with Gasteiger partial charge in [-0.1, -0.05) is 289 Å². The molecule has 0 radical (unpaired) electrons. The minimum absolute atomic E-state index is 0.0785. The maximum atomic E-state index is 13.3. The smallest absolute Gasteiger partial charge is 0.306 e. The average molecular weight is 959 g/mol. The van der Waals surface area contributed by atoms with E-state index in [1.54, 1.807) is 0 Å². The van der Waals surface area contributed by atoms with Crippen molar-refractivity contribution in [2.24, 2.45) is 0 Å². The van der Waals surface area contributed by atoms with Crippen molar-refractivity contribution in [3.05, 3.63) is 24.3 Å². The summed E-state index contributed by atoms with van der Waals surface area (Å²) in [5.74, 6) is -0.458. The first-order valence-electron chi connectivity index (χ1n) is 30.6. The van der Waals surface area contributed by atoms with Crippen LogP contribution in [0.2, 0.25) is 0 Å². The first kappa shape index (κ1) is 66.3. The Morgan fingerprint density at radius 3 is 1.15 bits per heavy atom. The minimum atomic E-state index is -0.787. The molecule has 0 aromatic carbocycles. The lowest BCUT2D eigenvalue weighted by Gasteiger charge is -2.24. The Balaban J connectivity index is 4.52. The van der Waals surface area contributed by atoms with Crippen LogP contribution in [0.15, 0.2) is 24.3 Å². The molecule has 0 aromatic rings. The molecule has 68 heavy (non-hydrogen) atoms. The van der Waals surface area contributed by atoms with Gasteiger partial charge in [-0.15, -0.1) is 0 Å². The van der Waals surface area contributed by atoms with E-state index < -0.39 is 18.2 Å². The summed E-state index contributed by atoms with van der Waals surface area (Å²) in [5, 5.41) is 23.9. The van der Waals surface area contributed by atoms with Gasteiger partial charge in [0.25, 0.3) is 0 Å². The van der Waals surface area contributed by atoms with E-state index >= 15 is 0 Å². The minimum Gasteiger partial charge on any atom is -0.462 e. The van der Waals surface area contributed by atoms with Gasteiger partial charge in [-0.05, 0) is 57.8 Å². The zero-order valence-electron chi connectivity index (χ0n) is 46.0. The van der Waals surface area contributed by atoms with Gasteiger partial charge in [-0.2, -0.15) is 0 Å². The topological polar surface area (TPSA) is 95.9 Å². The van der Waals surface area contributed by atoms with Crippen LogP contribution in [0.5, 0.6) is 0 Å². The Morgan fingerprint density at radius 1 is 0.426 bits per heavy atom. The molecule has 3 atom stereocenters. The highest BCUT2D eigenvalue weighted by molar-refractivity contribution is 5.77. The number of aliphatic hydroxyl groups is 2. The van der Waals surface area contributed by atoms with Crippen molar-refractivity contribution >= 4 is 11.9 Å². The third-order valence-corrected chi connectivity index (χ3v) is 14.3. The maximum absolute atomic E-state index is 13.3. The van der Waals surface area contributed by atoms with Gasteiger partial charge in [-0.25, -0.2) is 0 Å². The number of esters is 1. The highest BCUT2D eigenvalue weighted by Crippen LogP contribution is 2.19. The SMILES string of the molecule is CCCCC/C=C\C/C=C\CCCCCCCCCC(CC(=O)NC(CO)C(O)CCCCCCCCCCCCCCCC)OC(=O)CCCCCCCCCCCCCCCCCCCC. The van der Waals surface area contributed by atoms with Crippen LogP contribution < -0.4 is 5.32 Å². The number of rotatable bonds is 56. The number of aliphatic hydroxyl groups excluding tert-OH is 2. The van der Waals surface area contributed by atoms with Crippen LogP contribution in [0, 0.1) is 0 Å². The summed E-state index contributed by atoms with van der Waals surface area (Å²) in [6, 6.07) is -0.701. The van der Waals surface area contributed by atoms with Crippen molar-refractivity contribution < 1.29 is 24.5 Å². The van der Waals surface area contributed by atoms with Crippen LogP contribution in [-0.2, 0) is 14.3 Å². The normalized spacial score (nSPS) is 13.2. The lowest BCUT2D eigenvalue weighted by atomic mass is 10.0. The molecular weight excluding hydrogens is 839 g/mol. The molecule has 0 aliphatic rings. The Labute approximate surface area is 424 Å². The average Bonchev–Trinajstić information content (AvgIpc) is 3.33. The van der Waals surface area contributed by atoms with Crippen LogP contribution in [0.4, 0.5) is 0 Å². The summed E-state index contributed by atoms with van der Waals surface area (Å²) in [6.07, 6.45) is 66.7. The van der Waals surface area contributed by atoms with Gasteiger partial charge >= 0.3 is 5.97 Å². The third kappa shape index (κ3) is 50.7. The van der Waals surface area contributed by atoms with Crippen molar-refractivity contribution in [1.82, 2.24) is 5.32 Å². The van der Waals surface area contributed by atoms with Crippen LogP contribution in [0.3, 0.4) is 0 Å². The van der Waals surface area contributed by atoms with Gasteiger partial charge in [0, 0.05) is 6.42 Å². The van der Waals surface area contributed by atoms with E-state index in [-0.39, 0.29) is 24.9 Å². The predicted molar refractivity (Wildman–Crippen MR) is 296 cm³/mol. The molecule has 0 aliphatic carbocycles. The van der Waals surface area contributed by atoms with Gasteiger partial charge in [0.15, 0.2) is 0 Å². The van der Waals surface area contributed by atoms with Gasteiger partial charge < -0.3 is 20.3 Å². The number of amides is 1. The second-order valence-electron chi connectivity index (χ2n) is 21.1. The van der Waals surface area contributed by atoms with Crippen LogP contribution >= 0.6 is 0 Å². The molecule has 0 rings (SSSR count). The maximum Gasteiger partial charge on any atom is 0.306 e. The second-order valence-corrected chi connectivity index (χ2v) is 21.1. The van der Waals surface area contributed by atoms with Crippen LogP contribution in [0.1, 0.15) is 335 Å². The number of allylic oxidation sites excluding steroid dienone is 4. The first-order chi connectivity index (χ1) is 33.5. The molecule has 0 fully saturated rings. The number of carbonyl (C=O) groups excluding carboxylic acids is 2. The standard InChI is InChI=1S/C62H119NO5/c1-4-7-10-13-16-19-22-25-28-30-32-34-37-40-43-46-49-52-55-62(67)68-58(53-50-47-44-41-38-35-33-31-29-26-23-20-17-14-11-8-5-2)56-61(66)63-59(57-64)60(65)54-51-48-45-42-39-36-27-24-21-18-15-12-9-6-3/h17,20,26,29,58-60,64-65H,4-16,18-19,21-25,27-28,30-57H2,1-3H3,(H,63,66)/b20-17-,29-26-. The van der Waals surface area contributed by atoms with Crippen LogP contribution in [-0.4, -0.2) is 46.9 Å². The Kier molecular flexibility index (Phi) is 54.9. The van der Waals surface area contributed by atoms with E-state index in [1.807, 2.05) is 0 Å². The highest BCUT2D eigenvalue weighted by Gasteiger charge is 2.24. The second kappa shape index (κ2) is 56.3. The lowest BCUT2D eigenvalue weighted by molar-refractivity contribution is -0.151. The lowest BCUT2D eigenvalue weighted by Crippen LogP contribution is -2.46. The number of ether oxygens (including phenoxy) is 1. The molecule has 1 amide bonds. The van der Waals surface area contributed by atoms with Gasteiger partial charge in [-0.3, -0.25) is 9.59 Å². The number of nitrogens with one attached hydrogen (secondary N) is 1. The molecule has 3 unspecified atom stereocenters. The predicted octanol–water partition coefficient (Wildman–Crippen LogP) is 19.0. The van der Waals surface area contributed by atoms with Crippen molar-refractivity contribution in [1.29, 1.82) is 0 Å². The summed E-state index contributed by atoms with van der Waals surface area (Å²) < 4.78 is 5.98. The van der Waals surface area contributed by atoms with E-state index in [9.17, 15) is 19.8 Å². The Bertz CT molecular complexity index is 1080. The van der Waals surface area contributed by atoms with Crippen LogP contribution in [0.25, 0.3) is 0 Å². The Hall–Kier alpha value is -1.66. The number of hydrogen-bond acceptors (Lipinski definition) is 5. The zero-order valence-corrected chi connectivity index (χ0v) is 46.0. The number of carbonyl (C=O) groups is 2. The fraction of sp³-hybridized carbons (Fsp3) is 0.903. The summed E-state index contributed by atoms with van der Waals surface area (Å²) in [7, 11) is 0. The molecule has 0 spiro atoms. The fourth-order valence-corrected chi connectivity index (χ4v) is 9.64. The van der Waals surface area contributed by atoms with Gasteiger partial charge in [0.1, 0.15) is 6.10 Å². The van der Waals surface area contributed by atoms with E-state index in [2.05, 4.69) is 50.4 Å². The molecule has 6 heteroatoms. The van der Waals surface area contributed by atoms with Crippen molar-refractivity contribution in [3.63, 3.8) is 0 Å². The molecule has 6 nitrogen and oxygen atoms in total. The monoisotopic (exact) mass is 958 g/mol. The highest BCUT2D eigenvalue weighted by atomic mass is 16.5. The summed E-state index contributed by atoms with van der Waals surface area (Å²) in [5.41, 5.74) is 0. The molecule has 0 saturated carbocycles. The Morgan fingerprint density at radius 2 is 0.750 bits per heavy atom. The molecule has 402 valence electrons. The molecule has 0 heterocycles. The quantitative estimate of drug-likeness (QED) is 0.0321. The first-order valence-corrected chi connectivity index (χ1v) is 30.6. The van der Waals surface area contributed by atoms with Gasteiger partial charge in [0.05, 0.1) is 25.2 Å². The largest absolute Gasteiger partial charge is 0.462 e. The number of unbranched alkanes of at least 4 members (excludes halogenated alkanes) is 40. The zero-order chi connectivity index (χ0) is 49.5. The molecule has 0 saturated heterocycles. The van der Waals surface area contributed by atoms with Gasteiger partial charge in [0.2, 0.25) is 5.91 Å². The fourth-order valence-electron chi connectivity index (χ4n) is 9.64. The summed E-state index contributed by atoms with van der Waals surface area (Å²) in [4.78, 5) is 26.3. The summed E-state index contributed by atoms with van der Waals surface area (Å²) >= 11 is 0. The van der Waals surface area contributed by atoms with E-state index in [0.29, 0.717) is 19.3 Å². The third-order valence-electron chi connectivity index (χ3n) is 14.3. The molecule has 0 aromatic heterocycles. The van der Waals surface area contributed by atoms with E-state index in [0.717, 1.165) is 64.2 Å². The van der Waals surface area contributed by atoms with Crippen molar-refractivity contribution in [3.8, 4) is 0 Å². The van der Waals surface area contributed by atoms with E-state index in [4.69, 9.17) is 4.74 Å². The molecule has 0 aliphatic heterocycles.